The number of ether oxygens (including phenoxy) is 2. The van der Waals surface area contributed by atoms with Gasteiger partial charge in [-0.1, -0.05) is 6.42 Å². The van der Waals surface area contributed by atoms with Crippen LogP contribution in [-0.4, -0.2) is 54.0 Å². The van der Waals surface area contributed by atoms with E-state index in [4.69, 9.17) is 4.74 Å². The van der Waals surface area contributed by atoms with Crippen molar-refractivity contribution in [3.8, 4) is 5.75 Å². The third kappa shape index (κ3) is 6.67. The van der Waals surface area contributed by atoms with Crippen LogP contribution in [0.4, 0.5) is 35.0 Å². The van der Waals surface area contributed by atoms with Crippen LogP contribution in [0, 0.1) is 11.7 Å². The van der Waals surface area contributed by atoms with E-state index >= 15 is 0 Å². The van der Waals surface area contributed by atoms with Gasteiger partial charge < -0.3 is 30.3 Å². The van der Waals surface area contributed by atoms with Gasteiger partial charge in [-0.3, -0.25) is 14.5 Å². The van der Waals surface area contributed by atoms with Crippen LogP contribution in [0.1, 0.15) is 56.3 Å². The van der Waals surface area contributed by atoms with Gasteiger partial charge in [0.2, 0.25) is 0 Å². The highest BCUT2D eigenvalue weighted by Gasteiger charge is 2.34. The normalized spacial score (nSPS) is 21.0. The van der Waals surface area contributed by atoms with Crippen molar-refractivity contribution < 1.29 is 47.2 Å². The lowest BCUT2D eigenvalue weighted by Gasteiger charge is -2.36. The summed E-state index contributed by atoms with van der Waals surface area (Å²) in [4.78, 5) is 38.7. The number of benzene rings is 2. The van der Waals surface area contributed by atoms with Gasteiger partial charge in [0.1, 0.15) is 11.6 Å². The van der Waals surface area contributed by atoms with Gasteiger partial charge in [-0.05, 0) is 69.4 Å². The molecular formula is C28H32F3N3O7. The number of carbonyl (C=O) groups excluding carboxylic acids is 2. The quantitative estimate of drug-likeness (QED) is 0.319. The molecular weight excluding hydrogens is 547 g/mol. The minimum atomic E-state index is -3.28. The second kappa shape index (κ2) is 12.7. The number of alkyl halides is 2. The summed E-state index contributed by atoms with van der Waals surface area (Å²) in [5.41, 5.74) is 0.937. The molecule has 2 aromatic carbocycles. The number of methoxy groups -OCH3 is 1. The van der Waals surface area contributed by atoms with Gasteiger partial charge in [-0.25, -0.2) is 9.18 Å². The zero-order chi connectivity index (χ0) is 29.8. The van der Waals surface area contributed by atoms with E-state index in [0.717, 1.165) is 31.0 Å². The van der Waals surface area contributed by atoms with Gasteiger partial charge >= 0.3 is 18.7 Å². The monoisotopic (exact) mass is 579 g/mol. The largest absolute Gasteiger partial charge is 0.469 e. The maximum atomic E-state index is 14.0. The van der Waals surface area contributed by atoms with E-state index in [-0.39, 0.29) is 29.7 Å². The number of aliphatic hydroxyl groups excluding tert-OH is 1. The lowest BCUT2D eigenvalue weighted by Crippen LogP contribution is -2.41. The number of carbonyl (C=O) groups is 3. The van der Waals surface area contributed by atoms with Gasteiger partial charge in [0.05, 0.1) is 30.1 Å². The fraction of sp³-hybridized carbons (Fsp3) is 0.464. The van der Waals surface area contributed by atoms with Crippen LogP contribution < -0.4 is 20.3 Å². The molecule has 2 aromatic rings. The number of fused-ring (bicyclic) bond motifs is 1. The molecule has 4 N–H and O–H groups in total. The predicted octanol–water partition coefficient (Wildman–Crippen LogP) is 5.06. The van der Waals surface area contributed by atoms with Crippen LogP contribution in [0.25, 0.3) is 0 Å². The summed E-state index contributed by atoms with van der Waals surface area (Å²) < 4.78 is 49.1. The second-order valence-electron chi connectivity index (χ2n) is 10.2. The highest BCUT2D eigenvalue weighted by atomic mass is 19.3. The van der Waals surface area contributed by atoms with Crippen molar-refractivity contribution in [2.45, 2.75) is 70.2 Å². The molecule has 13 heteroatoms. The fourth-order valence-corrected chi connectivity index (χ4v) is 5.58. The lowest BCUT2D eigenvalue weighted by atomic mass is 9.85. The smallest absolute Gasteiger partial charge is 0.412 e. The van der Waals surface area contributed by atoms with Crippen molar-refractivity contribution >= 4 is 35.0 Å². The molecule has 10 nitrogen and oxygen atoms in total. The van der Waals surface area contributed by atoms with Crippen molar-refractivity contribution in [2.75, 3.05) is 22.6 Å². The molecule has 2 unspecified atom stereocenters. The molecule has 222 valence electrons. The SMILES string of the molecule is COC(=O)[C@@H]1CCC[C@@H](Nc2ccc3c(c2NC(=O)C(O)c2cc(F)ccc2OC(F)F)CCC(C)N3C(=O)O)C1. The third-order valence-electron chi connectivity index (χ3n) is 7.55. The number of hydrogen-bond acceptors (Lipinski definition) is 7. The Labute approximate surface area is 234 Å². The Morgan fingerprint density at radius 1 is 1.12 bits per heavy atom. The molecule has 41 heavy (non-hydrogen) atoms. The first-order chi connectivity index (χ1) is 19.5. The highest BCUT2D eigenvalue weighted by molar-refractivity contribution is 6.01. The minimum Gasteiger partial charge on any atom is -0.469 e. The summed E-state index contributed by atoms with van der Waals surface area (Å²) in [6.45, 7) is -1.52. The number of esters is 1. The zero-order valence-corrected chi connectivity index (χ0v) is 22.5. The molecule has 1 fully saturated rings. The van der Waals surface area contributed by atoms with Crippen molar-refractivity contribution in [1.82, 2.24) is 0 Å². The Bertz CT molecular complexity index is 1310. The summed E-state index contributed by atoms with van der Waals surface area (Å²) >= 11 is 0. The Kier molecular flexibility index (Phi) is 9.26. The molecule has 1 saturated carbocycles. The average Bonchev–Trinajstić information content (AvgIpc) is 2.93. The minimum absolute atomic E-state index is 0.182. The van der Waals surface area contributed by atoms with Gasteiger partial charge in [0.15, 0.2) is 6.10 Å². The first-order valence-electron chi connectivity index (χ1n) is 13.3. The average molecular weight is 580 g/mol. The van der Waals surface area contributed by atoms with E-state index in [1.54, 1.807) is 19.1 Å². The predicted molar refractivity (Wildman–Crippen MR) is 143 cm³/mol. The van der Waals surface area contributed by atoms with Gasteiger partial charge in [-0.15, -0.1) is 0 Å². The van der Waals surface area contributed by atoms with Crippen LogP contribution >= 0.6 is 0 Å². The summed E-state index contributed by atoms with van der Waals surface area (Å²) in [5.74, 6) is -3.14. The summed E-state index contributed by atoms with van der Waals surface area (Å²) in [6.07, 6.45) is 0.158. The maximum Gasteiger partial charge on any atom is 0.412 e. The molecule has 1 aliphatic heterocycles. The van der Waals surface area contributed by atoms with E-state index in [1.807, 2.05) is 0 Å². The number of hydrogen-bond donors (Lipinski definition) is 4. The molecule has 2 amide bonds. The van der Waals surface area contributed by atoms with E-state index in [0.29, 0.717) is 42.6 Å². The van der Waals surface area contributed by atoms with Gasteiger partial charge in [0, 0.05) is 23.2 Å². The van der Waals surface area contributed by atoms with Crippen LogP contribution in [0.3, 0.4) is 0 Å². The molecule has 0 radical (unpaired) electrons. The molecule has 4 atom stereocenters. The topological polar surface area (TPSA) is 137 Å². The van der Waals surface area contributed by atoms with Gasteiger partial charge in [0.25, 0.3) is 5.91 Å². The maximum absolute atomic E-state index is 14.0. The first kappa shape index (κ1) is 30.0. The molecule has 1 heterocycles. The number of rotatable bonds is 8. The lowest BCUT2D eigenvalue weighted by molar-refractivity contribution is -0.146. The van der Waals surface area contributed by atoms with E-state index in [9.17, 15) is 37.8 Å². The fourth-order valence-electron chi connectivity index (χ4n) is 5.58. The van der Waals surface area contributed by atoms with Crippen molar-refractivity contribution in [3.63, 3.8) is 0 Å². The Hall–Kier alpha value is -4.00. The molecule has 1 aliphatic carbocycles. The third-order valence-corrected chi connectivity index (χ3v) is 7.55. The van der Waals surface area contributed by atoms with Gasteiger partial charge in [-0.2, -0.15) is 8.78 Å². The molecule has 0 spiro atoms. The Morgan fingerprint density at radius 3 is 2.56 bits per heavy atom. The van der Waals surface area contributed by atoms with E-state index < -0.39 is 41.8 Å². The van der Waals surface area contributed by atoms with E-state index in [2.05, 4.69) is 15.4 Å². The van der Waals surface area contributed by atoms with Crippen molar-refractivity contribution in [2.24, 2.45) is 5.92 Å². The van der Waals surface area contributed by atoms with Crippen molar-refractivity contribution in [3.05, 3.63) is 47.3 Å². The molecule has 0 aromatic heterocycles. The number of anilines is 3. The van der Waals surface area contributed by atoms with Crippen LogP contribution in [0.2, 0.25) is 0 Å². The summed E-state index contributed by atoms with van der Waals surface area (Å²) in [6, 6.07) is 5.17. The van der Waals surface area contributed by atoms with Crippen molar-refractivity contribution in [1.29, 1.82) is 0 Å². The number of amides is 2. The number of carboxylic acid groups (broad SMARTS) is 1. The van der Waals surface area contributed by atoms with Crippen LogP contribution in [0.15, 0.2) is 30.3 Å². The number of nitrogens with one attached hydrogen (secondary N) is 2. The Balaban J connectivity index is 1.70. The summed E-state index contributed by atoms with van der Waals surface area (Å²) in [5, 5.41) is 26.6. The first-order valence-corrected chi connectivity index (χ1v) is 13.3. The molecule has 4 rings (SSSR count). The zero-order valence-electron chi connectivity index (χ0n) is 22.5. The van der Waals surface area contributed by atoms with E-state index in [1.165, 1.54) is 12.0 Å². The highest BCUT2D eigenvalue weighted by Crippen LogP contribution is 2.42. The molecule has 2 aliphatic rings. The second-order valence-corrected chi connectivity index (χ2v) is 10.2. The number of aliphatic hydroxyl groups is 1. The molecule has 0 saturated heterocycles. The van der Waals surface area contributed by atoms with Crippen LogP contribution in [0.5, 0.6) is 5.75 Å². The van der Waals surface area contributed by atoms with Crippen LogP contribution in [-0.2, 0) is 20.7 Å². The number of nitrogens with zero attached hydrogens (tertiary/aromatic N) is 1. The Morgan fingerprint density at radius 2 is 1.88 bits per heavy atom. The molecule has 0 bridgehead atoms. The standard InChI is InChI=1S/C28H32F3N3O7/c1-14-6-8-18-21(34(14)28(38)39)10-9-20(32-17-5-3-4-15(12-17)26(37)40-2)23(18)33-25(36)24(35)19-13-16(29)7-11-22(19)41-27(30)31/h7,9-11,13-15,17,24,27,32,35H,3-6,8,12H2,1-2H3,(H,33,36)(H,38,39)/t14?,15-,17-,24?/m1/s1. The summed E-state index contributed by atoms with van der Waals surface area (Å²) in [7, 11) is 1.33. The number of halogens is 3.